The van der Waals surface area contributed by atoms with E-state index < -0.39 is 0 Å². The molecule has 92 valence electrons. The monoisotopic (exact) mass is 222 g/mol. The van der Waals surface area contributed by atoms with E-state index in [1.165, 1.54) is 71.0 Å². The highest BCUT2D eigenvalue weighted by Crippen LogP contribution is 2.33. The summed E-state index contributed by atoms with van der Waals surface area (Å²) < 4.78 is 0. The van der Waals surface area contributed by atoms with Gasteiger partial charge < -0.3 is 5.32 Å². The number of rotatable bonds is 1. The summed E-state index contributed by atoms with van der Waals surface area (Å²) in [6.07, 6.45) is 11.8. The van der Waals surface area contributed by atoms with E-state index in [1.54, 1.807) is 0 Å². The first-order valence-corrected chi connectivity index (χ1v) is 7.41. The Labute approximate surface area is 99.8 Å². The van der Waals surface area contributed by atoms with Gasteiger partial charge in [0.15, 0.2) is 0 Å². The van der Waals surface area contributed by atoms with Gasteiger partial charge in [0.25, 0.3) is 0 Å². The number of nitrogens with one attached hydrogen (secondary N) is 1. The quantitative estimate of drug-likeness (QED) is 0.733. The van der Waals surface area contributed by atoms with E-state index in [1.807, 2.05) is 0 Å². The molecule has 2 heterocycles. The molecule has 3 rings (SSSR count). The van der Waals surface area contributed by atoms with Crippen LogP contribution in [0.1, 0.15) is 51.4 Å². The van der Waals surface area contributed by atoms with Gasteiger partial charge in [-0.3, -0.25) is 4.90 Å². The van der Waals surface area contributed by atoms with Crippen molar-refractivity contribution in [1.29, 1.82) is 0 Å². The van der Waals surface area contributed by atoms with E-state index in [-0.39, 0.29) is 0 Å². The van der Waals surface area contributed by atoms with Crippen LogP contribution in [-0.2, 0) is 0 Å². The average molecular weight is 222 g/mol. The van der Waals surface area contributed by atoms with Gasteiger partial charge in [0.1, 0.15) is 0 Å². The molecule has 16 heavy (non-hydrogen) atoms. The van der Waals surface area contributed by atoms with Gasteiger partial charge in [0.05, 0.1) is 0 Å². The molecule has 2 saturated heterocycles. The van der Waals surface area contributed by atoms with Crippen molar-refractivity contribution in [1.82, 2.24) is 10.2 Å². The lowest BCUT2D eigenvalue weighted by atomic mass is 9.83. The number of hydrogen-bond acceptors (Lipinski definition) is 2. The molecule has 3 aliphatic rings. The lowest BCUT2D eigenvalue weighted by Crippen LogP contribution is -2.46. The van der Waals surface area contributed by atoms with Gasteiger partial charge in [-0.05, 0) is 51.1 Å². The molecule has 2 nitrogen and oxygen atoms in total. The topological polar surface area (TPSA) is 15.3 Å². The predicted molar refractivity (Wildman–Crippen MR) is 67.6 cm³/mol. The number of hydrogen-bond donors (Lipinski definition) is 1. The maximum Gasteiger partial charge on any atom is 0.0251 e. The maximum absolute atomic E-state index is 3.68. The fraction of sp³-hybridized carbons (Fsp3) is 1.00. The van der Waals surface area contributed by atoms with Gasteiger partial charge in [-0.1, -0.05) is 19.3 Å². The summed E-state index contributed by atoms with van der Waals surface area (Å²) in [5, 5.41) is 3.68. The molecule has 1 N–H and O–H groups in total. The smallest absolute Gasteiger partial charge is 0.0251 e. The third-order valence-electron chi connectivity index (χ3n) is 5.05. The van der Waals surface area contributed by atoms with Gasteiger partial charge in [-0.15, -0.1) is 0 Å². The van der Waals surface area contributed by atoms with E-state index >= 15 is 0 Å². The first-order valence-electron chi connectivity index (χ1n) is 7.41. The van der Waals surface area contributed by atoms with Crippen molar-refractivity contribution in [3.05, 3.63) is 0 Å². The molecular formula is C14H26N2. The highest BCUT2D eigenvalue weighted by molar-refractivity contribution is 4.92. The minimum Gasteiger partial charge on any atom is -0.315 e. The molecule has 1 aliphatic carbocycles. The van der Waals surface area contributed by atoms with E-state index in [0.717, 1.165) is 18.0 Å². The Morgan fingerprint density at radius 2 is 1.75 bits per heavy atom. The molecule has 2 heteroatoms. The fourth-order valence-corrected chi connectivity index (χ4v) is 4.20. The Balaban J connectivity index is 1.70. The normalized spacial score (nSPS) is 38.2. The lowest BCUT2D eigenvalue weighted by Gasteiger charge is -2.38. The second-order valence-electron chi connectivity index (χ2n) is 5.99. The van der Waals surface area contributed by atoms with Crippen molar-refractivity contribution in [3.63, 3.8) is 0 Å². The van der Waals surface area contributed by atoms with Crippen molar-refractivity contribution in [3.8, 4) is 0 Å². The molecule has 2 aliphatic heterocycles. The molecule has 3 fully saturated rings. The SMILES string of the molecule is C1CCC(C2CNCCC3CCCN32)CC1. The highest BCUT2D eigenvalue weighted by atomic mass is 15.2. The summed E-state index contributed by atoms with van der Waals surface area (Å²) in [6.45, 7) is 3.90. The van der Waals surface area contributed by atoms with Crippen LogP contribution in [0.3, 0.4) is 0 Å². The van der Waals surface area contributed by atoms with Crippen LogP contribution in [0.25, 0.3) is 0 Å². The Morgan fingerprint density at radius 1 is 0.875 bits per heavy atom. The molecule has 0 spiro atoms. The zero-order chi connectivity index (χ0) is 10.8. The van der Waals surface area contributed by atoms with Gasteiger partial charge in [-0.2, -0.15) is 0 Å². The Bertz CT molecular complexity index is 223. The zero-order valence-corrected chi connectivity index (χ0v) is 10.5. The lowest BCUT2D eigenvalue weighted by molar-refractivity contribution is 0.115. The standard InChI is InChI=1S/C14H26N2/c1-2-5-12(6-3-1)14-11-15-9-8-13-7-4-10-16(13)14/h12-15H,1-11H2. The Morgan fingerprint density at radius 3 is 2.62 bits per heavy atom. The third-order valence-corrected chi connectivity index (χ3v) is 5.05. The fourth-order valence-electron chi connectivity index (χ4n) is 4.20. The molecule has 0 aromatic rings. The largest absolute Gasteiger partial charge is 0.315 e. The van der Waals surface area contributed by atoms with Crippen LogP contribution in [0.15, 0.2) is 0 Å². The predicted octanol–water partition coefficient (Wildman–Crippen LogP) is 2.39. The molecular weight excluding hydrogens is 196 g/mol. The molecule has 0 radical (unpaired) electrons. The minimum absolute atomic E-state index is 0.871. The second-order valence-corrected chi connectivity index (χ2v) is 5.99. The molecule has 2 atom stereocenters. The van der Waals surface area contributed by atoms with E-state index in [4.69, 9.17) is 0 Å². The van der Waals surface area contributed by atoms with Crippen molar-refractivity contribution < 1.29 is 0 Å². The van der Waals surface area contributed by atoms with Crippen LogP contribution in [0.4, 0.5) is 0 Å². The Hall–Kier alpha value is -0.0800. The molecule has 2 unspecified atom stereocenters. The van der Waals surface area contributed by atoms with Crippen molar-refractivity contribution >= 4 is 0 Å². The molecule has 0 aromatic carbocycles. The van der Waals surface area contributed by atoms with Crippen LogP contribution in [0, 0.1) is 5.92 Å². The third kappa shape index (κ3) is 2.14. The van der Waals surface area contributed by atoms with Gasteiger partial charge in [-0.25, -0.2) is 0 Å². The van der Waals surface area contributed by atoms with Crippen LogP contribution in [-0.4, -0.2) is 36.6 Å². The minimum atomic E-state index is 0.871. The summed E-state index contributed by atoms with van der Waals surface area (Å²) in [4.78, 5) is 2.87. The number of nitrogens with zero attached hydrogens (tertiary/aromatic N) is 1. The van der Waals surface area contributed by atoms with Gasteiger partial charge in [0.2, 0.25) is 0 Å². The molecule has 1 saturated carbocycles. The molecule has 0 bridgehead atoms. The van der Waals surface area contributed by atoms with Crippen molar-refractivity contribution in [2.45, 2.75) is 63.5 Å². The van der Waals surface area contributed by atoms with Crippen molar-refractivity contribution in [2.24, 2.45) is 5.92 Å². The summed E-state index contributed by atoms with van der Waals surface area (Å²) in [5.41, 5.74) is 0. The summed E-state index contributed by atoms with van der Waals surface area (Å²) in [5.74, 6) is 1.000. The van der Waals surface area contributed by atoms with Crippen LogP contribution in [0.5, 0.6) is 0 Å². The van der Waals surface area contributed by atoms with Crippen LogP contribution < -0.4 is 5.32 Å². The Kier molecular flexibility index (Phi) is 3.49. The van der Waals surface area contributed by atoms with Crippen molar-refractivity contribution in [2.75, 3.05) is 19.6 Å². The zero-order valence-electron chi connectivity index (χ0n) is 10.5. The summed E-state index contributed by atoms with van der Waals surface area (Å²) in [6, 6.07) is 1.79. The first-order chi connectivity index (χ1) is 7.95. The molecule has 0 amide bonds. The van der Waals surface area contributed by atoms with Gasteiger partial charge in [0, 0.05) is 18.6 Å². The van der Waals surface area contributed by atoms with Crippen LogP contribution in [0.2, 0.25) is 0 Å². The first kappa shape index (κ1) is 11.0. The second kappa shape index (κ2) is 5.05. The van der Waals surface area contributed by atoms with E-state index in [2.05, 4.69) is 10.2 Å². The van der Waals surface area contributed by atoms with Gasteiger partial charge >= 0.3 is 0 Å². The van der Waals surface area contributed by atoms with E-state index in [0.29, 0.717) is 0 Å². The highest BCUT2D eigenvalue weighted by Gasteiger charge is 2.36. The summed E-state index contributed by atoms with van der Waals surface area (Å²) in [7, 11) is 0. The molecule has 0 aromatic heterocycles. The summed E-state index contributed by atoms with van der Waals surface area (Å²) >= 11 is 0. The van der Waals surface area contributed by atoms with E-state index in [9.17, 15) is 0 Å². The van der Waals surface area contributed by atoms with Crippen LogP contribution >= 0.6 is 0 Å². The number of fused-ring (bicyclic) bond motifs is 1. The maximum atomic E-state index is 3.68. The average Bonchev–Trinajstić information content (AvgIpc) is 2.70.